The van der Waals surface area contributed by atoms with E-state index in [4.69, 9.17) is 0 Å². The van der Waals surface area contributed by atoms with Gasteiger partial charge in [0.1, 0.15) is 0 Å². The Kier molecular flexibility index (Phi) is 5.87. The molecule has 0 aromatic heterocycles. The zero-order chi connectivity index (χ0) is 22.2. The summed E-state index contributed by atoms with van der Waals surface area (Å²) in [6.07, 6.45) is 6.70. The van der Waals surface area contributed by atoms with Gasteiger partial charge in [-0.2, -0.15) is 0 Å². The van der Waals surface area contributed by atoms with Crippen molar-refractivity contribution in [2.45, 2.75) is 50.6 Å². The highest BCUT2D eigenvalue weighted by atomic mass is 16.2. The molecule has 0 bridgehead atoms. The summed E-state index contributed by atoms with van der Waals surface area (Å²) in [7, 11) is 0. The smallest absolute Gasteiger partial charge is 0.222 e. The maximum absolute atomic E-state index is 12.9. The molecule has 4 fully saturated rings. The molecular formula is C29H37N3O. The Morgan fingerprint density at radius 3 is 2.30 bits per heavy atom. The molecule has 3 saturated heterocycles. The third-order valence-corrected chi connectivity index (χ3v) is 9.08. The lowest BCUT2D eigenvalue weighted by atomic mass is 9.64. The highest BCUT2D eigenvalue weighted by molar-refractivity contribution is 5.77. The highest BCUT2D eigenvalue weighted by Gasteiger charge is 2.52. The SMILES string of the molecule is O=C1CCC[C@@H]2[C@@H](Cc3ccccc3)[C@H](N3CCN(c4ccccc4)CC3)C[C@@H]3CCN1[C@@H]32. The second-order valence-corrected chi connectivity index (χ2v) is 10.7. The lowest BCUT2D eigenvalue weighted by Gasteiger charge is -2.52. The van der Waals surface area contributed by atoms with Crippen LogP contribution in [0.15, 0.2) is 60.7 Å². The molecule has 1 saturated carbocycles. The largest absolute Gasteiger partial charge is 0.369 e. The Morgan fingerprint density at radius 2 is 1.55 bits per heavy atom. The van der Waals surface area contributed by atoms with Crippen molar-refractivity contribution in [3.05, 3.63) is 66.2 Å². The monoisotopic (exact) mass is 443 g/mol. The van der Waals surface area contributed by atoms with Crippen LogP contribution < -0.4 is 4.90 Å². The van der Waals surface area contributed by atoms with Crippen molar-refractivity contribution in [3.63, 3.8) is 0 Å². The number of hydrogen-bond donors (Lipinski definition) is 0. The molecule has 1 amide bonds. The molecule has 4 aliphatic rings. The summed E-state index contributed by atoms with van der Waals surface area (Å²) in [5.74, 6) is 2.41. The summed E-state index contributed by atoms with van der Waals surface area (Å²) in [5, 5.41) is 0. The molecule has 5 atom stereocenters. The number of piperazine rings is 1. The second-order valence-electron chi connectivity index (χ2n) is 10.7. The Balaban J connectivity index is 1.26. The standard InChI is InChI=1S/C29H37N3O/c33-28-13-7-12-25-26(20-22-8-3-1-4-9-22)27(21-23-14-15-32(28)29(23)25)31-18-16-30(17-19-31)24-10-5-2-6-11-24/h1-6,8-11,23,25-27,29H,7,12-21H2/t23-,25+,26+,27+,29-/m0/s1. The maximum atomic E-state index is 12.9. The first-order valence-electron chi connectivity index (χ1n) is 13.2. The zero-order valence-corrected chi connectivity index (χ0v) is 19.7. The van der Waals surface area contributed by atoms with Crippen molar-refractivity contribution >= 4 is 11.6 Å². The molecule has 0 N–H and O–H groups in total. The van der Waals surface area contributed by atoms with Gasteiger partial charge in [-0.3, -0.25) is 9.69 Å². The van der Waals surface area contributed by atoms with Crippen LogP contribution in [0.3, 0.4) is 0 Å². The van der Waals surface area contributed by atoms with Crippen LogP contribution >= 0.6 is 0 Å². The third-order valence-electron chi connectivity index (χ3n) is 9.08. The average molecular weight is 444 g/mol. The lowest BCUT2D eigenvalue weighted by molar-refractivity contribution is -0.133. The highest BCUT2D eigenvalue weighted by Crippen LogP contribution is 2.49. The van der Waals surface area contributed by atoms with Crippen molar-refractivity contribution < 1.29 is 4.79 Å². The van der Waals surface area contributed by atoms with Gasteiger partial charge in [0, 0.05) is 56.9 Å². The van der Waals surface area contributed by atoms with E-state index in [-0.39, 0.29) is 0 Å². The van der Waals surface area contributed by atoms with Gasteiger partial charge in [0.15, 0.2) is 0 Å². The van der Waals surface area contributed by atoms with Crippen molar-refractivity contribution in [1.29, 1.82) is 0 Å². The molecule has 3 aliphatic heterocycles. The van der Waals surface area contributed by atoms with Gasteiger partial charge in [-0.15, -0.1) is 0 Å². The number of benzene rings is 2. The van der Waals surface area contributed by atoms with E-state index < -0.39 is 0 Å². The molecule has 3 heterocycles. The first-order valence-corrected chi connectivity index (χ1v) is 13.2. The number of carbonyl (C=O) groups excluding carboxylic acids is 1. The average Bonchev–Trinajstić information content (AvgIpc) is 3.22. The van der Waals surface area contributed by atoms with Gasteiger partial charge in [0.05, 0.1) is 0 Å². The molecular weight excluding hydrogens is 406 g/mol. The quantitative estimate of drug-likeness (QED) is 0.698. The summed E-state index contributed by atoms with van der Waals surface area (Å²) in [4.78, 5) is 20.5. The number of hydrogen-bond acceptors (Lipinski definition) is 3. The van der Waals surface area contributed by atoms with Gasteiger partial charge in [-0.05, 0) is 67.6 Å². The van der Waals surface area contributed by atoms with Crippen LogP contribution in [-0.4, -0.2) is 60.5 Å². The van der Waals surface area contributed by atoms with Gasteiger partial charge in [0.25, 0.3) is 0 Å². The molecule has 4 nitrogen and oxygen atoms in total. The third kappa shape index (κ3) is 4.07. The molecule has 33 heavy (non-hydrogen) atoms. The van der Waals surface area contributed by atoms with Gasteiger partial charge in [0.2, 0.25) is 5.91 Å². The minimum Gasteiger partial charge on any atom is -0.369 e. The van der Waals surface area contributed by atoms with Crippen molar-refractivity contribution in [3.8, 4) is 0 Å². The van der Waals surface area contributed by atoms with Gasteiger partial charge in [-0.1, -0.05) is 48.5 Å². The van der Waals surface area contributed by atoms with E-state index in [1.165, 1.54) is 30.5 Å². The number of amides is 1. The molecule has 0 unspecified atom stereocenters. The van der Waals surface area contributed by atoms with Crippen LogP contribution in [0.2, 0.25) is 0 Å². The van der Waals surface area contributed by atoms with Crippen LogP contribution in [0.1, 0.15) is 37.7 Å². The van der Waals surface area contributed by atoms with Gasteiger partial charge in [-0.25, -0.2) is 0 Å². The number of anilines is 1. The molecule has 4 heteroatoms. The molecule has 174 valence electrons. The fourth-order valence-electron chi connectivity index (χ4n) is 7.59. The van der Waals surface area contributed by atoms with E-state index in [0.29, 0.717) is 35.7 Å². The molecule has 1 aliphatic carbocycles. The Hall–Kier alpha value is -2.33. The van der Waals surface area contributed by atoms with E-state index in [2.05, 4.69) is 75.4 Å². The molecule has 2 aromatic carbocycles. The van der Waals surface area contributed by atoms with Crippen LogP contribution in [0, 0.1) is 17.8 Å². The second kappa shape index (κ2) is 9.13. The van der Waals surface area contributed by atoms with Crippen LogP contribution in [0.5, 0.6) is 0 Å². The van der Waals surface area contributed by atoms with E-state index in [1.54, 1.807) is 0 Å². The fraction of sp³-hybridized carbons (Fsp3) is 0.552. The summed E-state index contributed by atoms with van der Waals surface area (Å²) in [5.41, 5.74) is 2.82. The molecule has 0 radical (unpaired) electrons. The zero-order valence-electron chi connectivity index (χ0n) is 19.7. The van der Waals surface area contributed by atoms with Crippen molar-refractivity contribution in [1.82, 2.24) is 9.80 Å². The van der Waals surface area contributed by atoms with Gasteiger partial charge < -0.3 is 9.80 Å². The summed E-state index contributed by atoms with van der Waals surface area (Å²) in [6.45, 7) is 5.52. The topological polar surface area (TPSA) is 26.8 Å². The normalized spacial score (nSPS) is 32.5. The number of carbonyl (C=O) groups is 1. The Bertz CT molecular complexity index is 940. The first kappa shape index (κ1) is 21.2. The van der Waals surface area contributed by atoms with E-state index in [0.717, 1.165) is 52.0 Å². The number of nitrogens with zero attached hydrogens (tertiary/aromatic N) is 3. The first-order chi connectivity index (χ1) is 16.3. The van der Waals surface area contributed by atoms with E-state index in [9.17, 15) is 4.79 Å². The number of para-hydroxylation sites is 1. The minimum absolute atomic E-state index is 0.429. The van der Waals surface area contributed by atoms with E-state index in [1.807, 2.05) is 0 Å². The Morgan fingerprint density at radius 1 is 0.818 bits per heavy atom. The number of rotatable bonds is 4. The van der Waals surface area contributed by atoms with Crippen LogP contribution in [-0.2, 0) is 11.2 Å². The van der Waals surface area contributed by atoms with Crippen molar-refractivity contribution in [2.24, 2.45) is 17.8 Å². The maximum Gasteiger partial charge on any atom is 0.222 e. The predicted molar refractivity (Wildman–Crippen MR) is 133 cm³/mol. The molecule has 6 rings (SSSR count). The molecule has 0 spiro atoms. The van der Waals surface area contributed by atoms with Crippen molar-refractivity contribution in [2.75, 3.05) is 37.6 Å². The summed E-state index contributed by atoms with van der Waals surface area (Å²) >= 11 is 0. The summed E-state index contributed by atoms with van der Waals surface area (Å²) < 4.78 is 0. The Labute approximate surface area is 198 Å². The molecule has 2 aromatic rings. The van der Waals surface area contributed by atoms with Crippen LogP contribution in [0.4, 0.5) is 5.69 Å². The minimum atomic E-state index is 0.429. The summed E-state index contributed by atoms with van der Waals surface area (Å²) in [6, 6.07) is 23.2. The fourth-order valence-corrected chi connectivity index (χ4v) is 7.59. The van der Waals surface area contributed by atoms with Crippen LogP contribution in [0.25, 0.3) is 0 Å². The predicted octanol–water partition coefficient (Wildman–Crippen LogP) is 4.46. The van der Waals surface area contributed by atoms with E-state index >= 15 is 0 Å². The van der Waals surface area contributed by atoms with Gasteiger partial charge >= 0.3 is 0 Å². The lowest BCUT2D eigenvalue weighted by Crippen LogP contribution is -2.59.